The second-order valence-electron chi connectivity index (χ2n) is 7.84. The summed E-state index contributed by atoms with van der Waals surface area (Å²) in [7, 11) is 0. The lowest BCUT2D eigenvalue weighted by Gasteiger charge is -2.18. The molecule has 5 heteroatoms. The van der Waals surface area contributed by atoms with Gasteiger partial charge in [0.2, 0.25) is 0 Å². The van der Waals surface area contributed by atoms with E-state index < -0.39 is 0 Å². The highest BCUT2D eigenvalue weighted by atomic mass is 16.5. The monoisotopic (exact) mass is 425 g/mol. The van der Waals surface area contributed by atoms with Gasteiger partial charge in [-0.15, -0.1) is 0 Å². The SMILES string of the molecule is C/C=C\c1cc(NC(=O)c2ccc3c(c2)C(=O)c2ccccc2C3=O)ccc1OC(C)C. The highest BCUT2D eigenvalue weighted by Crippen LogP contribution is 2.29. The van der Waals surface area contributed by atoms with Crippen LogP contribution in [0.5, 0.6) is 5.75 Å². The number of carbonyl (C=O) groups is 3. The molecule has 0 bridgehead atoms. The Morgan fingerprint density at radius 3 is 2.19 bits per heavy atom. The van der Waals surface area contributed by atoms with E-state index in [4.69, 9.17) is 4.74 Å². The molecular formula is C27H23NO4. The van der Waals surface area contributed by atoms with Gasteiger partial charge in [0.25, 0.3) is 5.91 Å². The lowest BCUT2D eigenvalue weighted by molar-refractivity contribution is 0.0978. The van der Waals surface area contributed by atoms with Gasteiger partial charge in [-0.3, -0.25) is 14.4 Å². The molecule has 0 saturated carbocycles. The molecule has 1 aliphatic carbocycles. The minimum atomic E-state index is -0.365. The van der Waals surface area contributed by atoms with Crippen molar-refractivity contribution >= 4 is 29.2 Å². The topological polar surface area (TPSA) is 72.5 Å². The maximum atomic E-state index is 12.9. The molecule has 0 unspecified atom stereocenters. The van der Waals surface area contributed by atoms with Gasteiger partial charge in [0.1, 0.15) is 5.75 Å². The van der Waals surface area contributed by atoms with Crippen molar-refractivity contribution in [2.24, 2.45) is 0 Å². The van der Waals surface area contributed by atoms with Crippen molar-refractivity contribution in [3.63, 3.8) is 0 Å². The van der Waals surface area contributed by atoms with Crippen LogP contribution in [0.3, 0.4) is 0 Å². The third-order valence-electron chi connectivity index (χ3n) is 5.16. The summed E-state index contributed by atoms with van der Waals surface area (Å²) >= 11 is 0. The summed E-state index contributed by atoms with van der Waals surface area (Å²) in [4.78, 5) is 38.6. The molecule has 3 aromatic rings. The Morgan fingerprint density at radius 1 is 0.875 bits per heavy atom. The maximum Gasteiger partial charge on any atom is 0.255 e. The van der Waals surface area contributed by atoms with Crippen molar-refractivity contribution in [3.8, 4) is 5.75 Å². The predicted octanol–water partition coefficient (Wildman–Crippen LogP) is 5.53. The number of benzene rings is 3. The van der Waals surface area contributed by atoms with E-state index in [1.165, 1.54) is 6.07 Å². The summed E-state index contributed by atoms with van der Waals surface area (Å²) in [6.07, 6.45) is 3.84. The van der Waals surface area contributed by atoms with Gasteiger partial charge in [0.05, 0.1) is 6.10 Å². The van der Waals surface area contributed by atoms with Gasteiger partial charge < -0.3 is 10.1 Å². The van der Waals surface area contributed by atoms with E-state index in [1.54, 1.807) is 42.5 Å². The Morgan fingerprint density at radius 2 is 1.53 bits per heavy atom. The van der Waals surface area contributed by atoms with Crippen molar-refractivity contribution in [2.45, 2.75) is 26.9 Å². The molecule has 3 aromatic carbocycles. The molecule has 0 aliphatic heterocycles. The molecule has 1 amide bonds. The van der Waals surface area contributed by atoms with Gasteiger partial charge in [-0.05, 0) is 57.2 Å². The van der Waals surface area contributed by atoms with Crippen molar-refractivity contribution < 1.29 is 19.1 Å². The minimum Gasteiger partial charge on any atom is -0.490 e. The zero-order valence-corrected chi connectivity index (χ0v) is 18.1. The average molecular weight is 425 g/mol. The van der Waals surface area contributed by atoms with Crippen molar-refractivity contribution in [2.75, 3.05) is 5.32 Å². The van der Waals surface area contributed by atoms with E-state index in [0.29, 0.717) is 27.9 Å². The first-order valence-corrected chi connectivity index (χ1v) is 10.5. The van der Waals surface area contributed by atoms with Gasteiger partial charge >= 0.3 is 0 Å². The molecule has 160 valence electrons. The zero-order chi connectivity index (χ0) is 22.8. The molecule has 4 rings (SSSR count). The zero-order valence-electron chi connectivity index (χ0n) is 18.1. The number of hydrogen-bond acceptors (Lipinski definition) is 4. The molecule has 32 heavy (non-hydrogen) atoms. The highest BCUT2D eigenvalue weighted by molar-refractivity contribution is 6.28. The molecule has 0 saturated heterocycles. The molecule has 0 atom stereocenters. The largest absolute Gasteiger partial charge is 0.490 e. The van der Waals surface area contributed by atoms with Gasteiger partial charge in [0, 0.05) is 39.1 Å². The Labute approximate surface area is 186 Å². The standard InChI is InChI=1S/C27H23NO4/c1-4-7-17-14-19(11-13-24(17)32-16(2)3)28-27(31)18-10-12-22-23(15-18)26(30)21-9-6-5-8-20(21)25(22)29/h4-16H,1-3H3,(H,28,31)/b7-4-. The molecule has 0 heterocycles. The highest BCUT2D eigenvalue weighted by Gasteiger charge is 2.29. The summed E-state index contributed by atoms with van der Waals surface area (Å²) < 4.78 is 5.82. The lowest BCUT2D eigenvalue weighted by atomic mass is 9.83. The van der Waals surface area contributed by atoms with Gasteiger partial charge in [0.15, 0.2) is 11.6 Å². The van der Waals surface area contributed by atoms with Crippen molar-refractivity contribution in [1.82, 2.24) is 0 Å². The van der Waals surface area contributed by atoms with E-state index in [9.17, 15) is 14.4 Å². The fourth-order valence-electron chi connectivity index (χ4n) is 3.74. The first kappa shape index (κ1) is 21.2. The maximum absolute atomic E-state index is 12.9. The number of anilines is 1. The molecule has 5 nitrogen and oxygen atoms in total. The van der Waals surface area contributed by atoms with Crippen LogP contribution in [0.2, 0.25) is 0 Å². The second kappa shape index (κ2) is 8.63. The predicted molar refractivity (Wildman–Crippen MR) is 125 cm³/mol. The Balaban J connectivity index is 1.62. The summed E-state index contributed by atoms with van der Waals surface area (Å²) in [6, 6.07) is 16.8. The van der Waals surface area contributed by atoms with E-state index >= 15 is 0 Å². The Kier molecular flexibility index (Phi) is 5.73. The molecule has 0 aromatic heterocycles. The van der Waals surface area contributed by atoms with Crippen LogP contribution < -0.4 is 10.1 Å². The number of ether oxygens (including phenoxy) is 1. The van der Waals surface area contributed by atoms with Gasteiger partial charge in [-0.2, -0.15) is 0 Å². The number of carbonyl (C=O) groups excluding carboxylic acids is 3. The third-order valence-corrected chi connectivity index (χ3v) is 5.16. The van der Waals surface area contributed by atoms with Crippen LogP contribution in [0.25, 0.3) is 6.08 Å². The second-order valence-corrected chi connectivity index (χ2v) is 7.84. The summed E-state index contributed by atoms with van der Waals surface area (Å²) in [5.74, 6) is -0.0992. The Bertz CT molecular complexity index is 1270. The molecule has 1 N–H and O–H groups in total. The van der Waals surface area contributed by atoms with Crippen LogP contribution in [0, 0.1) is 0 Å². The Hall–Kier alpha value is -3.99. The summed E-state index contributed by atoms with van der Waals surface area (Å²) in [5, 5.41) is 2.86. The first-order chi connectivity index (χ1) is 15.4. The number of rotatable bonds is 5. The number of ketones is 2. The van der Waals surface area contributed by atoms with E-state index in [1.807, 2.05) is 45.1 Å². The molecular weight excluding hydrogens is 402 g/mol. The lowest BCUT2D eigenvalue weighted by Crippen LogP contribution is -2.22. The van der Waals surface area contributed by atoms with Crippen LogP contribution in [0.4, 0.5) is 5.69 Å². The quantitative estimate of drug-likeness (QED) is 0.456. The number of amides is 1. The van der Waals surface area contributed by atoms with E-state index in [2.05, 4.69) is 5.32 Å². The number of allylic oxidation sites excluding steroid dienone is 1. The van der Waals surface area contributed by atoms with E-state index in [0.717, 1.165) is 11.3 Å². The average Bonchev–Trinajstić information content (AvgIpc) is 2.78. The minimum absolute atomic E-state index is 0.0281. The molecule has 0 radical (unpaired) electrons. The number of nitrogens with one attached hydrogen (secondary N) is 1. The smallest absolute Gasteiger partial charge is 0.255 e. The summed E-state index contributed by atoms with van der Waals surface area (Å²) in [6.45, 7) is 5.82. The fraction of sp³-hybridized carbons (Fsp3) is 0.148. The summed E-state index contributed by atoms with van der Waals surface area (Å²) in [5.41, 5.74) is 3.07. The van der Waals surface area contributed by atoms with Crippen molar-refractivity contribution in [3.05, 3.63) is 100 Å². The van der Waals surface area contributed by atoms with Crippen LogP contribution in [0.15, 0.2) is 66.7 Å². The molecule has 0 fully saturated rings. The first-order valence-electron chi connectivity index (χ1n) is 10.5. The third kappa shape index (κ3) is 3.97. The normalized spacial score (nSPS) is 12.6. The van der Waals surface area contributed by atoms with Crippen LogP contribution >= 0.6 is 0 Å². The number of fused-ring (bicyclic) bond motifs is 2. The van der Waals surface area contributed by atoms with Crippen LogP contribution in [0.1, 0.15) is 68.5 Å². The number of hydrogen-bond donors (Lipinski definition) is 1. The molecule has 1 aliphatic rings. The fourth-order valence-corrected chi connectivity index (χ4v) is 3.74. The van der Waals surface area contributed by atoms with Crippen molar-refractivity contribution in [1.29, 1.82) is 0 Å². The van der Waals surface area contributed by atoms with Crippen LogP contribution in [-0.4, -0.2) is 23.6 Å². The van der Waals surface area contributed by atoms with Gasteiger partial charge in [-0.25, -0.2) is 0 Å². The van der Waals surface area contributed by atoms with Crippen LogP contribution in [-0.2, 0) is 0 Å². The molecule has 0 spiro atoms. The van der Waals surface area contributed by atoms with E-state index in [-0.39, 0.29) is 29.1 Å². The van der Waals surface area contributed by atoms with Gasteiger partial charge in [-0.1, -0.05) is 36.4 Å².